The minimum absolute atomic E-state index is 0.0545. The van der Waals surface area contributed by atoms with E-state index < -0.39 is 5.54 Å². The molecule has 6 heteroatoms. The molecule has 2 unspecified atom stereocenters. The summed E-state index contributed by atoms with van der Waals surface area (Å²) in [6, 6.07) is 23.3. The number of carbonyl (C=O) groups excluding carboxylic acids is 2. The summed E-state index contributed by atoms with van der Waals surface area (Å²) < 4.78 is 0. The van der Waals surface area contributed by atoms with Crippen LogP contribution in [-0.2, 0) is 16.8 Å². The van der Waals surface area contributed by atoms with Gasteiger partial charge in [0.1, 0.15) is 0 Å². The van der Waals surface area contributed by atoms with Gasteiger partial charge in [0.05, 0.1) is 11.4 Å². The monoisotopic (exact) mass is 469 g/mol. The molecule has 0 aliphatic carbocycles. The van der Waals surface area contributed by atoms with E-state index in [0.717, 1.165) is 34.1 Å². The second kappa shape index (κ2) is 7.47. The number of hydrogen-bond acceptors (Lipinski definition) is 2. The smallest absolute Gasteiger partial charge is 0.332 e. The number of aromatic nitrogens is 1. The summed E-state index contributed by atoms with van der Waals surface area (Å²) in [5, 5.41) is 1.57. The molecule has 2 aliphatic rings. The highest BCUT2D eigenvalue weighted by atomic mass is 35.5. The van der Waals surface area contributed by atoms with Crippen LogP contribution in [-0.4, -0.2) is 28.4 Å². The number of rotatable bonds is 3. The largest absolute Gasteiger partial charge is 0.356 e. The Balaban J connectivity index is 1.57. The van der Waals surface area contributed by atoms with Gasteiger partial charge < -0.3 is 9.88 Å². The normalized spacial score (nSPS) is 21.8. The molecular weight excluding hydrogens is 446 g/mol. The number of nitrogens with zero attached hydrogens (tertiary/aromatic N) is 2. The number of urea groups is 1. The highest BCUT2D eigenvalue weighted by molar-refractivity contribution is 6.31. The van der Waals surface area contributed by atoms with Gasteiger partial charge in [0.15, 0.2) is 5.54 Å². The zero-order valence-electron chi connectivity index (χ0n) is 19.0. The Morgan fingerprint density at radius 3 is 2.53 bits per heavy atom. The van der Waals surface area contributed by atoms with Crippen molar-refractivity contribution in [1.82, 2.24) is 9.88 Å². The van der Waals surface area contributed by atoms with Crippen molar-refractivity contribution in [3.05, 3.63) is 100 Å². The maximum atomic E-state index is 14.0. The molecule has 0 saturated carbocycles. The first-order valence-electron chi connectivity index (χ1n) is 11.5. The molecular formula is C28H24ClN3O2. The van der Waals surface area contributed by atoms with Crippen molar-refractivity contribution < 1.29 is 9.59 Å². The lowest BCUT2D eigenvalue weighted by molar-refractivity contribution is -0.125. The van der Waals surface area contributed by atoms with Crippen molar-refractivity contribution in [3.63, 3.8) is 0 Å². The summed E-state index contributed by atoms with van der Waals surface area (Å²) in [4.78, 5) is 34.2. The number of benzene rings is 3. The fourth-order valence-electron chi connectivity index (χ4n) is 5.52. The third kappa shape index (κ3) is 2.80. The zero-order chi connectivity index (χ0) is 23.6. The molecule has 5 nitrogen and oxygen atoms in total. The third-order valence-electron chi connectivity index (χ3n) is 7.38. The Bertz CT molecular complexity index is 1460. The number of amides is 3. The molecule has 0 bridgehead atoms. The number of carbonyl (C=O) groups is 2. The Morgan fingerprint density at radius 1 is 1.03 bits per heavy atom. The zero-order valence-corrected chi connectivity index (χ0v) is 19.8. The van der Waals surface area contributed by atoms with Crippen molar-refractivity contribution in [2.75, 3.05) is 11.4 Å². The molecule has 34 heavy (non-hydrogen) atoms. The summed E-state index contributed by atoms with van der Waals surface area (Å²) in [5.41, 5.74) is 4.59. The van der Waals surface area contributed by atoms with Crippen LogP contribution < -0.4 is 4.90 Å². The second-order valence-corrected chi connectivity index (χ2v) is 9.63. The van der Waals surface area contributed by atoms with Crippen molar-refractivity contribution in [2.24, 2.45) is 0 Å². The van der Waals surface area contributed by atoms with Gasteiger partial charge in [-0.1, -0.05) is 67.1 Å². The van der Waals surface area contributed by atoms with Crippen molar-refractivity contribution in [1.29, 1.82) is 0 Å². The van der Waals surface area contributed by atoms with Crippen LogP contribution in [0.1, 0.15) is 42.1 Å². The number of anilines is 1. The molecule has 1 fully saturated rings. The van der Waals surface area contributed by atoms with Gasteiger partial charge in [-0.25, -0.2) is 9.69 Å². The molecule has 1 N–H and O–H groups in total. The number of fused-ring (bicyclic) bond motifs is 5. The number of aromatic amines is 1. The Hall–Kier alpha value is -3.57. The molecule has 2 aliphatic heterocycles. The minimum atomic E-state index is -1.13. The molecule has 1 aromatic heterocycles. The van der Waals surface area contributed by atoms with Gasteiger partial charge in [0, 0.05) is 28.4 Å². The lowest BCUT2D eigenvalue weighted by Crippen LogP contribution is -2.50. The molecule has 1 saturated heterocycles. The molecule has 3 amide bonds. The van der Waals surface area contributed by atoms with Gasteiger partial charge >= 0.3 is 6.03 Å². The van der Waals surface area contributed by atoms with Crippen LogP contribution in [0.25, 0.3) is 10.9 Å². The summed E-state index contributed by atoms with van der Waals surface area (Å²) in [5.74, 6) is -0.325. The molecule has 4 aromatic rings. The molecule has 0 radical (unpaired) electrons. The number of nitrogens with one attached hydrogen (secondary N) is 1. The maximum absolute atomic E-state index is 14.0. The van der Waals surface area contributed by atoms with Gasteiger partial charge in [0.25, 0.3) is 5.91 Å². The second-order valence-electron chi connectivity index (χ2n) is 9.19. The van der Waals surface area contributed by atoms with Crippen LogP contribution in [0.15, 0.2) is 72.8 Å². The van der Waals surface area contributed by atoms with E-state index in [2.05, 4.69) is 42.2 Å². The fourth-order valence-corrected chi connectivity index (χ4v) is 5.70. The van der Waals surface area contributed by atoms with E-state index in [1.807, 2.05) is 25.1 Å². The lowest BCUT2D eigenvalue weighted by Gasteiger charge is -2.40. The average molecular weight is 470 g/mol. The first-order chi connectivity index (χ1) is 16.4. The quantitative estimate of drug-likeness (QED) is 0.362. The third-order valence-corrected chi connectivity index (χ3v) is 7.62. The predicted octanol–water partition coefficient (Wildman–Crippen LogP) is 6.21. The predicted molar refractivity (Wildman–Crippen MR) is 134 cm³/mol. The molecule has 2 atom stereocenters. The van der Waals surface area contributed by atoms with Gasteiger partial charge in [0.2, 0.25) is 0 Å². The molecule has 3 heterocycles. The number of halogens is 1. The van der Waals surface area contributed by atoms with E-state index in [9.17, 15) is 9.59 Å². The van der Waals surface area contributed by atoms with E-state index >= 15 is 0 Å². The van der Waals surface area contributed by atoms with Crippen LogP contribution in [0.3, 0.4) is 0 Å². The Morgan fingerprint density at radius 2 is 1.79 bits per heavy atom. The van der Waals surface area contributed by atoms with Gasteiger partial charge in [-0.2, -0.15) is 0 Å². The fraction of sp³-hybridized carbons (Fsp3) is 0.214. The lowest BCUT2D eigenvalue weighted by atomic mass is 9.78. The van der Waals surface area contributed by atoms with E-state index in [1.54, 1.807) is 29.2 Å². The first-order valence-corrected chi connectivity index (χ1v) is 11.9. The first kappa shape index (κ1) is 21.0. The van der Waals surface area contributed by atoms with Gasteiger partial charge in [-0.15, -0.1) is 0 Å². The number of aryl methyl sites for hydroxylation is 1. The van der Waals surface area contributed by atoms with Gasteiger partial charge in [-0.3, -0.25) is 4.79 Å². The minimum Gasteiger partial charge on any atom is -0.356 e. The van der Waals surface area contributed by atoms with Crippen LogP contribution in [0.4, 0.5) is 10.5 Å². The maximum Gasteiger partial charge on any atom is 0.332 e. The van der Waals surface area contributed by atoms with Crippen LogP contribution in [0, 0.1) is 0 Å². The number of para-hydroxylation sites is 1. The van der Waals surface area contributed by atoms with Gasteiger partial charge in [-0.05, 0) is 54.3 Å². The highest BCUT2D eigenvalue weighted by Crippen LogP contribution is 2.50. The van der Waals surface area contributed by atoms with Crippen LogP contribution >= 0.6 is 11.6 Å². The molecule has 3 aromatic carbocycles. The number of hydrogen-bond donors (Lipinski definition) is 1. The van der Waals surface area contributed by atoms with Crippen molar-refractivity contribution in [3.8, 4) is 0 Å². The van der Waals surface area contributed by atoms with E-state index in [-0.39, 0.29) is 17.9 Å². The van der Waals surface area contributed by atoms with E-state index in [0.29, 0.717) is 17.3 Å². The van der Waals surface area contributed by atoms with Crippen LogP contribution in [0.5, 0.6) is 0 Å². The van der Waals surface area contributed by atoms with Crippen LogP contribution in [0.2, 0.25) is 5.02 Å². The Labute approximate surface area is 202 Å². The standard InChI is InChI=1S/C28H24ClN3O2/c1-3-17-11-13-18(14-12-17)22-16-31-27(34)32(20-8-6-7-19(29)15-20)26(33)28(31,2)25-24(22)21-9-4-5-10-23(21)30-25/h4-15,22,30H,3,16H2,1-2H3. The average Bonchev–Trinajstić information content (AvgIpc) is 3.33. The molecule has 6 rings (SSSR count). The topological polar surface area (TPSA) is 56.4 Å². The molecule has 170 valence electrons. The number of H-pyrrole nitrogens is 1. The van der Waals surface area contributed by atoms with Crippen molar-refractivity contribution >= 4 is 40.1 Å². The Kier molecular flexibility index (Phi) is 4.61. The van der Waals surface area contributed by atoms with E-state index in [4.69, 9.17) is 11.6 Å². The number of imide groups is 1. The molecule has 0 spiro atoms. The summed E-state index contributed by atoms with van der Waals surface area (Å²) >= 11 is 6.20. The summed E-state index contributed by atoms with van der Waals surface area (Å²) in [6.07, 6.45) is 0.967. The summed E-state index contributed by atoms with van der Waals surface area (Å²) in [7, 11) is 0. The summed E-state index contributed by atoms with van der Waals surface area (Å²) in [6.45, 7) is 4.40. The highest BCUT2D eigenvalue weighted by Gasteiger charge is 2.60. The van der Waals surface area contributed by atoms with Crippen molar-refractivity contribution in [2.45, 2.75) is 31.7 Å². The SMILES string of the molecule is CCc1ccc(C2CN3C(=O)N(c4cccc(Cl)c4)C(=O)C3(C)c3[nH]c4ccccc4c32)cc1. The van der Waals surface area contributed by atoms with E-state index in [1.165, 1.54) is 10.5 Å².